The maximum atomic E-state index is 6.38. The summed E-state index contributed by atoms with van der Waals surface area (Å²) in [5, 5.41) is 0. The first-order valence-electron chi connectivity index (χ1n) is 14.8. The molecule has 0 N–H and O–H groups in total. The Kier molecular flexibility index (Phi) is 9.05. The number of ether oxygens (including phenoxy) is 2. The van der Waals surface area contributed by atoms with E-state index in [1.807, 2.05) is 60.7 Å². The van der Waals surface area contributed by atoms with Crippen LogP contribution in [-0.4, -0.2) is 14.1 Å². The zero-order valence-corrected chi connectivity index (χ0v) is 27.4. The van der Waals surface area contributed by atoms with Crippen molar-refractivity contribution in [1.29, 1.82) is 0 Å². The molecule has 0 aliphatic carbocycles. The molecule has 0 saturated heterocycles. The summed E-state index contributed by atoms with van der Waals surface area (Å²) in [6.07, 6.45) is 0. The molecule has 0 fully saturated rings. The monoisotopic (exact) mass is 767 g/mol. The Labute approximate surface area is 279 Å². The van der Waals surface area contributed by atoms with Gasteiger partial charge in [0.1, 0.15) is 11.5 Å². The quantitative estimate of drug-likeness (QED) is 0.167. The number of para-hydroxylation sites is 4. The van der Waals surface area contributed by atoms with Crippen molar-refractivity contribution in [1.82, 2.24) is 0 Å². The second-order valence-corrected chi connectivity index (χ2v) is 11.1. The molecular formula is C40H32N2O2Pt+2. The summed E-state index contributed by atoms with van der Waals surface area (Å²) in [6.45, 7) is 1.28. The molecule has 0 amide bonds. The van der Waals surface area contributed by atoms with E-state index in [2.05, 4.69) is 109 Å². The fourth-order valence-electron chi connectivity index (χ4n) is 5.78. The molecule has 4 nitrogen and oxygen atoms in total. The van der Waals surface area contributed by atoms with Gasteiger partial charge in [0, 0.05) is 50.1 Å². The van der Waals surface area contributed by atoms with E-state index in [-0.39, 0.29) is 21.1 Å². The molecule has 4 bridgehead atoms. The zero-order chi connectivity index (χ0) is 29.9. The van der Waals surface area contributed by atoms with Crippen molar-refractivity contribution in [2.45, 2.75) is 13.1 Å². The number of hydrogen-bond acceptors (Lipinski definition) is 4. The molecule has 7 rings (SSSR count). The second-order valence-electron chi connectivity index (χ2n) is 11.1. The van der Waals surface area contributed by atoms with E-state index in [1.54, 1.807) is 0 Å². The van der Waals surface area contributed by atoms with Crippen LogP contribution < -0.4 is 19.3 Å². The molecule has 0 saturated carbocycles. The number of fused-ring (bicyclic) bond motifs is 8. The van der Waals surface area contributed by atoms with Crippen LogP contribution in [-0.2, 0) is 34.2 Å². The minimum Gasteiger partial charge on any atom is -0.477 e. The van der Waals surface area contributed by atoms with Gasteiger partial charge in [0.2, 0.25) is 0 Å². The van der Waals surface area contributed by atoms with Crippen LogP contribution in [0, 0.1) is 12.1 Å². The van der Waals surface area contributed by atoms with E-state index in [4.69, 9.17) is 9.47 Å². The first-order valence-corrected chi connectivity index (χ1v) is 14.8. The van der Waals surface area contributed by atoms with E-state index in [1.165, 1.54) is 0 Å². The molecule has 1 heterocycles. The minimum absolute atomic E-state index is 0. The molecule has 0 atom stereocenters. The standard InChI is InChI=1S/C40H32N2O2.Pt/c1-41-27-29-21-32(26-35(23-29)43-33-13-5-3-6-14-33)38-18-10-12-20-40(38)42(2)28-30-22-31(37-17-9-11-19-39(37)41)25-36(24-30)44-34-15-7-4-8-16-34;/h3-20,23-26H,27-28H2,1-2H3;/q-2;+4. The van der Waals surface area contributed by atoms with Gasteiger partial charge in [-0.05, 0) is 36.4 Å². The van der Waals surface area contributed by atoms with Gasteiger partial charge >= 0.3 is 21.1 Å². The van der Waals surface area contributed by atoms with Gasteiger partial charge in [-0.15, -0.1) is 46.5 Å². The summed E-state index contributed by atoms with van der Waals surface area (Å²) in [4.78, 5) is 4.53. The van der Waals surface area contributed by atoms with Crippen LogP contribution in [0.1, 0.15) is 11.1 Å². The molecule has 222 valence electrons. The Morgan fingerprint density at radius 2 is 0.844 bits per heavy atom. The predicted molar refractivity (Wildman–Crippen MR) is 179 cm³/mol. The summed E-state index contributed by atoms with van der Waals surface area (Å²) in [5.41, 5.74) is 8.42. The van der Waals surface area contributed by atoms with Crippen LogP contribution in [0.15, 0.2) is 133 Å². The van der Waals surface area contributed by atoms with Gasteiger partial charge in [-0.2, -0.15) is 0 Å². The largest absolute Gasteiger partial charge is 4.00 e. The first kappa shape index (κ1) is 30.2. The normalized spacial score (nSPS) is 12.2. The Morgan fingerprint density at radius 1 is 0.467 bits per heavy atom. The Morgan fingerprint density at radius 3 is 1.27 bits per heavy atom. The average Bonchev–Trinajstić information content (AvgIpc) is 3.05. The van der Waals surface area contributed by atoms with E-state index in [0.29, 0.717) is 13.1 Å². The molecule has 1 aliphatic heterocycles. The molecule has 5 heteroatoms. The Balaban J connectivity index is 0.00000357. The van der Waals surface area contributed by atoms with Crippen LogP contribution in [0.3, 0.4) is 0 Å². The van der Waals surface area contributed by atoms with Gasteiger partial charge in [0.05, 0.1) is 0 Å². The average molecular weight is 768 g/mol. The fraction of sp³-hybridized carbons (Fsp3) is 0.100. The van der Waals surface area contributed by atoms with Crippen LogP contribution in [0.5, 0.6) is 23.0 Å². The number of anilines is 2. The molecule has 0 radical (unpaired) electrons. The molecule has 6 aromatic rings. The summed E-state index contributed by atoms with van der Waals surface area (Å²) < 4.78 is 12.8. The third-order valence-corrected chi connectivity index (χ3v) is 7.78. The summed E-state index contributed by atoms with van der Waals surface area (Å²) >= 11 is 0. The minimum atomic E-state index is 0. The predicted octanol–water partition coefficient (Wildman–Crippen LogP) is 9.79. The van der Waals surface area contributed by atoms with Crippen LogP contribution in [0.4, 0.5) is 11.4 Å². The van der Waals surface area contributed by atoms with E-state index in [9.17, 15) is 0 Å². The van der Waals surface area contributed by atoms with Crippen molar-refractivity contribution >= 4 is 11.4 Å². The van der Waals surface area contributed by atoms with E-state index < -0.39 is 0 Å². The topological polar surface area (TPSA) is 24.9 Å². The maximum Gasteiger partial charge on any atom is 4.00 e. The Bertz CT molecular complexity index is 1770. The molecule has 45 heavy (non-hydrogen) atoms. The van der Waals surface area contributed by atoms with Crippen LogP contribution in [0.2, 0.25) is 0 Å². The van der Waals surface area contributed by atoms with Crippen molar-refractivity contribution in [3.05, 3.63) is 157 Å². The van der Waals surface area contributed by atoms with Gasteiger partial charge < -0.3 is 19.3 Å². The first-order chi connectivity index (χ1) is 21.6. The van der Waals surface area contributed by atoms with Gasteiger partial charge in [-0.25, -0.2) is 0 Å². The smallest absolute Gasteiger partial charge is 0.477 e. The molecule has 1 aliphatic rings. The molecule has 0 aromatic heterocycles. The maximum absolute atomic E-state index is 6.38. The number of rotatable bonds is 4. The number of nitrogens with zero attached hydrogens (tertiary/aromatic N) is 2. The van der Waals surface area contributed by atoms with Crippen molar-refractivity contribution < 1.29 is 30.5 Å². The summed E-state index contributed by atoms with van der Waals surface area (Å²) in [7, 11) is 4.24. The molecule has 0 spiro atoms. The van der Waals surface area contributed by atoms with Gasteiger partial charge in [0.15, 0.2) is 0 Å². The third-order valence-electron chi connectivity index (χ3n) is 7.78. The summed E-state index contributed by atoms with van der Waals surface area (Å²) in [5.74, 6) is 3.17. The van der Waals surface area contributed by atoms with Crippen molar-refractivity contribution in [3.8, 4) is 45.3 Å². The third kappa shape index (κ3) is 6.82. The fourth-order valence-corrected chi connectivity index (χ4v) is 5.78. The SMILES string of the molecule is CN1Cc2[c-]c(cc(Oc3ccccc3)c2)-c2ccccc2N(C)Cc2[c-]c(cc(Oc3ccccc3)c2)-c2ccccc21.[Pt+4]. The van der Waals surface area contributed by atoms with Gasteiger partial charge in [0.25, 0.3) is 0 Å². The van der Waals surface area contributed by atoms with Gasteiger partial charge in [-0.1, -0.05) is 96.1 Å². The number of benzene rings is 6. The van der Waals surface area contributed by atoms with Crippen LogP contribution in [0.25, 0.3) is 22.3 Å². The van der Waals surface area contributed by atoms with E-state index >= 15 is 0 Å². The zero-order valence-electron chi connectivity index (χ0n) is 25.1. The van der Waals surface area contributed by atoms with Crippen molar-refractivity contribution in [2.75, 3.05) is 23.9 Å². The molecule has 0 unspecified atom stereocenters. The van der Waals surface area contributed by atoms with Crippen molar-refractivity contribution in [3.63, 3.8) is 0 Å². The Hall–Kier alpha value is -4.79. The molecular weight excluding hydrogens is 736 g/mol. The second kappa shape index (κ2) is 13.5. The van der Waals surface area contributed by atoms with Crippen LogP contribution >= 0.6 is 0 Å². The van der Waals surface area contributed by atoms with Gasteiger partial charge in [-0.3, -0.25) is 0 Å². The summed E-state index contributed by atoms with van der Waals surface area (Å²) in [6, 6.07) is 52.6. The van der Waals surface area contributed by atoms with Crippen molar-refractivity contribution in [2.24, 2.45) is 0 Å². The number of hydrogen-bond donors (Lipinski definition) is 0. The molecule has 6 aromatic carbocycles. The van der Waals surface area contributed by atoms with E-state index in [0.717, 1.165) is 67.8 Å².